The summed E-state index contributed by atoms with van der Waals surface area (Å²) in [6.07, 6.45) is 0.588. The summed E-state index contributed by atoms with van der Waals surface area (Å²) in [5, 5.41) is 13.5. The van der Waals surface area contributed by atoms with Gasteiger partial charge in [-0.2, -0.15) is 0 Å². The van der Waals surface area contributed by atoms with E-state index in [9.17, 15) is 9.90 Å². The fourth-order valence-electron chi connectivity index (χ4n) is 3.79. The number of methoxy groups -OCH3 is 1. The van der Waals surface area contributed by atoms with Crippen LogP contribution in [0.2, 0.25) is 18.1 Å². The average Bonchev–Trinajstić information content (AvgIpc) is 2.78. The maximum Gasteiger partial charge on any atom is 0.274 e. The highest BCUT2D eigenvalue weighted by Gasteiger charge is 2.44. The van der Waals surface area contributed by atoms with Crippen molar-refractivity contribution in [1.29, 1.82) is 0 Å². The summed E-state index contributed by atoms with van der Waals surface area (Å²) in [6.45, 7) is 13.2. The van der Waals surface area contributed by atoms with Crippen LogP contribution in [-0.2, 0) is 20.5 Å². The van der Waals surface area contributed by atoms with Crippen LogP contribution in [0.15, 0.2) is 42.6 Å². The Balaban J connectivity index is 1.82. The van der Waals surface area contributed by atoms with Gasteiger partial charge in [-0.1, -0.05) is 51.1 Å². The Kier molecular flexibility index (Phi) is 8.58. The number of aromatic hydroxyl groups is 1. The monoisotopic (exact) mass is 502 g/mol. The van der Waals surface area contributed by atoms with E-state index in [0.717, 1.165) is 5.56 Å². The molecule has 1 aromatic heterocycles. The maximum absolute atomic E-state index is 13.2. The third kappa shape index (κ3) is 6.61. The molecule has 1 aromatic carbocycles. The van der Waals surface area contributed by atoms with E-state index in [1.807, 2.05) is 37.3 Å². The molecule has 35 heavy (non-hydrogen) atoms. The predicted octanol–water partition coefficient (Wildman–Crippen LogP) is 4.64. The van der Waals surface area contributed by atoms with Crippen molar-refractivity contribution in [3.63, 3.8) is 0 Å². The number of rotatable bonds is 8. The molecule has 1 aliphatic rings. The van der Waals surface area contributed by atoms with Gasteiger partial charge in [-0.05, 0) is 30.6 Å². The van der Waals surface area contributed by atoms with Crippen molar-refractivity contribution in [2.24, 2.45) is 0 Å². The molecule has 4 atom stereocenters. The van der Waals surface area contributed by atoms with Crippen LogP contribution in [0.3, 0.4) is 0 Å². The van der Waals surface area contributed by atoms with Crippen LogP contribution in [0.1, 0.15) is 50.2 Å². The van der Waals surface area contributed by atoms with Crippen LogP contribution in [0.4, 0.5) is 0 Å². The van der Waals surface area contributed by atoms with Gasteiger partial charge in [0.15, 0.2) is 25.5 Å². The molecular weight excluding hydrogens is 464 g/mol. The van der Waals surface area contributed by atoms with Crippen LogP contribution in [0.25, 0.3) is 0 Å². The van der Waals surface area contributed by atoms with E-state index in [0.29, 0.717) is 13.0 Å². The molecule has 192 valence electrons. The average molecular weight is 503 g/mol. The van der Waals surface area contributed by atoms with Crippen LogP contribution in [0, 0.1) is 0 Å². The number of hydrogen-bond acceptors (Lipinski definition) is 7. The first-order chi connectivity index (χ1) is 16.4. The van der Waals surface area contributed by atoms with Crippen molar-refractivity contribution >= 4 is 14.2 Å². The minimum absolute atomic E-state index is 0.00923. The van der Waals surface area contributed by atoms with E-state index in [4.69, 9.17) is 18.6 Å². The van der Waals surface area contributed by atoms with Gasteiger partial charge in [-0.25, -0.2) is 4.98 Å². The number of nitrogens with one attached hydrogen (secondary N) is 1. The molecule has 0 saturated carbocycles. The number of ether oxygens (including phenoxy) is 3. The summed E-state index contributed by atoms with van der Waals surface area (Å²) in [4.78, 5) is 17.2. The lowest BCUT2D eigenvalue weighted by Gasteiger charge is -2.45. The molecule has 3 rings (SSSR count). The lowest BCUT2D eigenvalue weighted by atomic mass is 9.99. The molecule has 0 aliphatic carbocycles. The molecule has 0 spiro atoms. The molecule has 4 unspecified atom stereocenters. The Morgan fingerprint density at radius 3 is 2.54 bits per heavy atom. The summed E-state index contributed by atoms with van der Waals surface area (Å²) in [6, 6.07) is 10.9. The third-order valence-corrected chi connectivity index (χ3v) is 11.3. The van der Waals surface area contributed by atoms with Crippen molar-refractivity contribution < 1.29 is 28.5 Å². The Morgan fingerprint density at radius 2 is 1.91 bits per heavy atom. The van der Waals surface area contributed by atoms with Crippen LogP contribution >= 0.6 is 0 Å². The fraction of sp³-hybridized carbons (Fsp3) is 0.538. The zero-order chi connectivity index (χ0) is 25.8. The second kappa shape index (κ2) is 11.1. The van der Waals surface area contributed by atoms with Gasteiger partial charge < -0.3 is 29.1 Å². The largest absolute Gasteiger partial charge is 0.503 e. The first-order valence-electron chi connectivity index (χ1n) is 11.9. The van der Waals surface area contributed by atoms with Crippen LogP contribution in [0.5, 0.6) is 11.5 Å². The molecule has 2 heterocycles. The zero-order valence-electron chi connectivity index (χ0n) is 21.7. The van der Waals surface area contributed by atoms with Gasteiger partial charge in [0.2, 0.25) is 0 Å². The Labute approximate surface area is 209 Å². The zero-order valence-corrected chi connectivity index (χ0v) is 22.7. The maximum atomic E-state index is 13.2. The normalized spacial score (nSPS) is 23.1. The second-order valence-electron chi connectivity index (χ2n) is 10.4. The topological polar surface area (TPSA) is 99.1 Å². The summed E-state index contributed by atoms with van der Waals surface area (Å²) < 4.78 is 24.2. The van der Waals surface area contributed by atoms with E-state index < -0.39 is 32.7 Å². The molecule has 0 radical (unpaired) electrons. The minimum Gasteiger partial charge on any atom is -0.503 e. The molecule has 9 heteroatoms. The highest BCUT2D eigenvalue weighted by molar-refractivity contribution is 6.74. The number of nitrogens with zero attached hydrogens (tertiary/aromatic N) is 1. The quantitative estimate of drug-likeness (QED) is 0.508. The Hall–Kier alpha value is -2.46. The SMILES string of the molecule is COc1ccnc(C(=O)NC2CC(O[Si](C)(C)C(C)(C)C)OC(C)C2OCc2ccccc2)c1O. The number of pyridine rings is 1. The van der Waals surface area contributed by atoms with Crippen molar-refractivity contribution in [2.45, 2.75) is 83.4 Å². The van der Waals surface area contributed by atoms with Gasteiger partial charge in [0.25, 0.3) is 5.91 Å². The summed E-state index contributed by atoms with van der Waals surface area (Å²) in [5.41, 5.74) is 0.920. The van der Waals surface area contributed by atoms with Gasteiger partial charge >= 0.3 is 0 Å². The van der Waals surface area contributed by atoms with E-state index >= 15 is 0 Å². The second-order valence-corrected chi connectivity index (χ2v) is 15.2. The van der Waals surface area contributed by atoms with E-state index in [1.165, 1.54) is 19.4 Å². The Morgan fingerprint density at radius 1 is 1.23 bits per heavy atom. The first kappa shape index (κ1) is 27.1. The summed E-state index contributed by atoms with van der Waals surface area (Å²) in [7, 11) is -0.694. The number of carbonyl (C=O) groups is 1. The smallest absolute Gasteiger partial charge is 0.274 e. The lowest BCUT2D eigenvalue weighted by Crippen LogP contribution is -2.58. The first-order valence-corrected chi connectivity index (χ1v) is 14.9. The predicted molar refractivity (Wildman–Crippen MR) is 136 cm³/mol. The summed E-state index contributed by atoms with van der Waals surface area (Å²) >= 11 is 0. The summed E-state index contributed by atoms with van der Waals surface area (Å²) in [5.74, 6) is -0.634. The highest BCUT2D eigenvalue weighted by atomic mass is 28.4. The highest BCUT2D eigenvalue weighted by Crippen LogP contribution is 2.39. The number of carbonyl (C=O) groups excluding carboxylic acids is 1. The lowest BCUT2D eigenvalue weighted by molar-refractivity contribution is -0.208. The van der Waals surface area contributed by atoms with Gasteiger partial charge in [-0.15, -0.1) is 0 Å². The molecule has 0 bridgehead atoms. The van der Waals surface area contributed by atoms with Crippen molar-refractivity contribution in [1.82, 2.24) is 10.3 Å². The van der Waals surface area contributed by atoms with E-state index in [2.05, 4.69) is 44.2 Å². The molecule has 2 N–H and O–H groups in total. The van der Waals surface area contributed by atoms with Gasteiger partial charge in [0, 0.05) is 18.7 Å². The number of aromatic nitrogens is 1. The van der Waals surface area contributed by atoms with E-state index in [1.54, 1.807) is 0 Å². The number of amides is 1. The van der Waals surface area contributed by atoms with Crippen molar-refractivity contribution in [3.8, 4) is 11.5 Å². The fourth-order valence-corrected chi connectivity index (χ4v) is 4.95. The minimum atomic E-state index is -2.12. The van der Waals surface area contributed by atoms with Gasteiger partial charge in [-0.3, -0.25) is 4.79 Å². The Bertz CT molecular complexity index is 995. The molecule has 2 aromatic rings. The third-order valence-electron chi connectivity index (χ3n) is 6.83. The molecule has 8 nitrogen and oxygen atoms in total. The molecule has 1 fully saturated rings. The van der Waals surface area contributed by atoms with Crippen molar-refractivity contribution in [2.75, 3.05) is 7.11 Å². The molecular formula is C26H38N2O6Si. The molecule has 1 saturated heterocycles. The van der Waals surface area contributed by atoms with Crippen LogP contribution in [-0.4, -0.2) is 56.0 Å². The standard InChI is InChI=1S/C26H38N2O6Si/c1-17-24(32-16-18-11-9-8-10-12-18)19(15-21(33-17)34-35(6,7)26(2,3)4)28-25(30)22-23(29)20(31-5)13-14-27-22/h8-14,17,19,21,24,29H,15-16H2,1-7H3,(H,28,30). The van der Waals surface area contributed by atoms with Crippen LogP contribution < -0.4 is 10.1 Å². The van der Waals surface area contributed by atoms with Gasteiger partial charge in [0.1, 0.15) is 12.4 Å². The molecule has 1 aliphatic heterocycles. The van der Waals surface area contributed by atoms with E-state index in [-0.39, 0.29) is 28.3 Å². The van der Waals surface area contributed by atoms with Crippen molar-refractivity contribution in [3.05, 3.63) is 53.9 Å². The number of benzene rings is 1. The van der Waals surface area contributed by atoms with Gasteiger partial charge in [0.05, 0.1) is 25.9 Å². The molecule has 1 amide bonds. The number of hydrogen-bond donors (Lipinski definition) is 2.